The summed E-state index contributed by atoms with van der Waals surface area (Å²) in [5.74, 6) is -1.37. The lowest BCUT2D eigenvalue weighted by molar-refractivity contribution is -0.801. The average molecular weight is 321 g/mol. The van der Waals surface area contributed by atoms with Crippen LogP contribution in [0.4, 0.5) is 0 Å². The number of esters is 2. The first-order valence-corrected chi connectivity index (χ1v) is 6.44. The molecule has 0 aromatic heterocycles. The van der Waals surface area contributed by atoms with E-state index in [1.807, 2.05) is 14.1 Å². The second-order valence-electron chi connectivity index (χ2n) is 3.61. The summed E-state index contributed by atoms with van der Waals surface area (Å²) in [6.45, 7) is 3.76. The molecule has 0 aromatic carbocycles. The smallest absolute Gasteiger partial charge is 0.345 e. The summed E-state index contributed by atoms with van der Waals surface area (Å²) in [5, 5.41) is 0. The van der Waals surface area contributed by atoms with Crippen LogP contribution in [0.1, 0.15) is 13.8 Å². The van der Waals surface area contributed by atoms with Gasteiger partial charge in [0.15, 0.2) is 0 Å². The molecule has 6 heteroatoms. The van der Waals surface area contributed by atoms with Crippen molar-refractivity contribution in [2.45, 2.75) is 13.8 Å². The van der Waals surface area contributed by atoms with Crippen LogP contribution in [0.5, 0.6) is 0 Å². The summed E-state index contributed by atoms with van der Waals surface area (Å²) in [6, 6.07) is 0. The monoisotopic (exact) mass is 320 g/mol. The molecule has 18 heavy (non-hydrogen) atoms. The molecule has 0 atom stereocenters. The number of allylic oxidation sites excluding steroid dienone is 2. The van der Waals surface area contributed by atoms with Gasteiger partial charge < -0.3 is 14.4 Å². The highest BCUT2D eigenvalue weighted by Gasteiger charge is 2.21. The van der Waals surface area contributed by atoms with Gasteiger partial charge in [0, 0.05) is 0 Å². The maximum atomic E-state index is 11.6. The van der Waals surface area contributed by atoms with E-state index in [2.05, 4.69) is 15.9 Å². The van der Waals surface area contributed by atoms with E-state index in [9.17, 15) is 9.59 Å². The van der Waals surface area contributed by atoms with Gasteiger partial charge in [-0.3, -0.25) is 0 Å². The van der Waals surface area contributed by atoms with Gasteiger partial charge >= 0.3 is 11.9 Å². The zero-order valence-corrected chi connectivity index (χ0v) is 12.7. The molecule has 0 rings (SSSR count). The highest BCUT2D eigenvalue weighted by Crippen LogP contribution is 2.11. The minimum Gasteiger partial charge on any atom is -0.462 e. The van der Waals surface area contributed by atoms with E-state index < -0.39 is 11.9 Å². The number of quaternary nitrogens is 1. The van der Waals surface area contributed by atoms with E-state index in [4.69, 9.17) is 9.47 Å². The van der Waals surface area contributed by atoms with Crippen LogP contribution in [0.25, 0.3) is 0 Å². The molecular formula is C12H19BrNO4+. The lowest BCUT2D eigenvalue weighted by atomic mass is 10.2. The maximum Gasteiger partial charge on any atom is 0.345 e. The van der Waals surface area contributed by atoms with E-state index in [-0.39, 0.29) is 18.8 Å². The number of hydrogen-bond acceptors (Lipinski definition) is 4. The molecule has 0 aromatic rings. The topological polar surface area (TPSA) is 57.0 Å². The summed E-state index contributed by atoms with van der Waals surface area (Å²) >= 11 is 3.27. The quantitative estimate of drug-likeness (QED) is 0.253. The first kappa shape index (κ1) is 16.9. The van der Waals surface area contributed by atoms with Crippen molar-refractivity contribution in [1.29, 1.82) is 0 Å². The normalized spacial score (nSPS) is 11.1. The summed E-state index contributed by atoms with van der Waals surface area (Å²) in [7, 11) is 3.81. The summed E-state index contributed by atoms with van der Waals surface area (Å²) in [4.78, 5) is 24.3. The summed E-state index contributed by atoms with van der Waals surface area (Å²) < 4.78 is 10.2. The molecule has 0 unspecified atom stereocenters. The van der Waals surface area contributed by atoms with E-state index in [1.165, 1.54) is 6.08 Å². The second kappa shape index (κ2) is 8.88. The number of halogens is 1. The highest BCUT2D eigenvalue weighted by molar-refractivity contribution is 9.11. The SMILES string of the molecule is CCOC(=O)C(=CC(Br)=C[NH+](C)C)C(=O)OCC. The van der Waals surface area contributed by atoms with Gasteiger partial charge in [-0.15, -0.1) is 0 Å². The van der Waals surface area contributed by atoms with Crippen molar-refractivity contribution in [1.82, 2.24) is 0 Å². The molecule has 0 spiro atoms. The van der Waals surface area contributed by atoms with Crippen LogP contribution in [0, 0.1) is 0 Å². The van der Waals surface area contributed by atoms with Gasteiger partial charge in [0.25, 0.3) is 0 Å². The Bertz CT molecular complexity index is 341. The second-order valence-corrected chi connectivity index (χ2v) is 4.52. The van der Waals surface area contributed by atoms with E-state index in [1.54, 1.807) is 20.0 Å². The molecule has 0 radical (unpaired) electrons. The summed E-state index contributed by atoms with van der Waals surface area (Å²) in [5.41, 5.74) is -0.122. The Morgan fingerprint density at radius 1 is 1.11 bits per heavy atom. The first-order valence-electron chi connectivity index (χ1n) is 5.65. The third-order valence-corrected chi connectivity index (χ3v) is 2.16. The molecule has 5 nitrogen and oxygen atoms in total. The summed E-state index contributed by atoms with van der Waals surface area (Å²) in [6.07, 6.45) is 3.20. The van der Waals surface area contributed by atoms with Gasteiger partial charge in [-0.1, -0.05) is 0 Å². The molecule has 0 saturated heterocycles. The van der Waals surface area contributed by atoms with E-state index in [0.717, 1.165) is 4.90 Å². The van der Waals surface area contributed by atoms with Gasteiger partial charge in [0.05, 0.1) is 31.8 Å². The zero-order valence-electron chi connectivity index (χ0n) is 11.1. The number of rotatable bonds is 6. The maximum absolute atomic E-state index is 11.6. The van der Waals surface area contributed by atoms with Crippen LogP contribution in [0.2, 0.25) is 0 Å². The largest absolute Gasteiger partial charge is 0.462 e. The Morgan fingerprint density at radius 3 is 1.89 bits per heavy atom. The van der Waals surface area contributed by atoms with Crippen molar-refractivity contribution >= 4 is 27.9 Å². The fraction of sp³-hybridized carbons (Fsp3) is 0.500. The Morgan fingerprint density at radius 2 is 1.56 bits per heavy atom. The first-order chi connectivity index (χ1) is 8.42. The predicted octanol–water partition coefficient (Wildman–Crippen LogP) is 0.420. The molecule has 0 aliphatic carbocycles. The molecule has 0 bridgehead atoms. The fourth-order valence-electron chi connectivity index (χ4n) is 1.07. The lowest BCUT2D eigenvalue weighted by Crippen LogP contribution is -3.00. The Kier molecular flexibility index (Phi) is 8.32. The van der Waals surface area contributed by atoms with Crippen LogP contribution in [-0.4, -0.2) is 39.2 Å². The molecule has 0 saturated carbocycles. The van der Waals surface area contributed by atoms with Gasteiger partial charge in [0.2, 0.25) is 0 Å². The van der Waals surface area contributed by atoms with Crippen LogP contribution < -0.4 is 4.90 Å². The van der Waals surface area contributed by atoms with Crippen molar-refractivity contribution in [2.75, 3.05) is 27.3 Å². The number of ether oxygens (including phenoxy) is 2. The Labute approximate surface area is 116 Å². The van der Waals surface area contributed by atoms with E-state index in [0.29, 0.717) is 4.48 Å². The lowest BCUT2D eigenvalue weighted by Gasteiger charge is -2.06. The van der Waals surface area contributed by atoms with Crippen LogP contribution >= 0.6 is 15.9 Å². The number of carbonyl (C=O) groups excluding carboxylic acids is 2. The van der Waals surface area contributed by atoms with Crippen LogP contribution in [0.3, 0.4) is 0 Å². The molecular weight excluding hydrogens is 302 g/mol. The standard InChI is InChI=1S/C12H18BrNO4/c1-5-17-11(15)10(12(16)18-6-2)7-9(13)8-14(3)4/h7-8H,5-6H2,1-4H3/p+1. The zero-order chi connectivity index (χ0) is 14.1. The Hall–Kier alpha value is -1.14. The van der Waals surface area contributed by atoms with Crippen LogP contribution in [-0.2, 0) is 19.1 Å². The van der Waals surface area contributed by atoms with E-state index >= 15 is 0 Å². The number of hydrogen-bond donors (Lipinski definition) is 1. The highest BCUT2D eigenvalue weighted by atomic mass is 79.9. The van der Waals surface area contributed by atoms with Gasteiger partial charge in [0.1, 0.15) is 11.8 Å². The predicted molar refractivity (Wildman–Crippen MR) is 71.2 cm³/mol. The minimum atomic E-state index is -0.685. The average Bonchev–Trinajstić information content (AvgIpc) is 2.25. The molecule has 0 aliphatic heterocycles. The van der Waals surface area contributed by atoms with Crippen molar-refractivity contribution in [2.24, 2.45) is 0 Å². The number of nitrogens with one attached hydrogen (secondary N) is 1. The van der Waals surface area contributed by atoms with Crippen molar-refractivity contribution in [3.63, 3.8) is 0 Å². The van der Waals surface area contributed by atoms with Crippen LogP contribution in [0.15, 0.2) is 22.3 Å². The van der Waals surface area contributed by atoms with Gasteiger partial charge in [-0.25, -0.2) is 9.59 Å². The van der Waals surface area contributed by atoms with Gasteiger partial charge in [-0.2, -0.15) is 0 Å². The third-order valence-electron chi connectivity index (χ3n) is 1.70. The van der Waals surface area contributed by atoms with Crippen molar-refractivity contribution in [3.8, 4) is 0 Å². The number of carbonyl (C=O) groups is 2. The molecule has 0 heterocycles. The molecule has 102 valence electrons. The fourth-order valence-corrected chi connectivity index (χ4v) is 1.76. The molecule has 0 fully saturated rings. The molecule has 0 amide bonds. The van der Waals surface area contributed by atoms with Crippen molar-refractivity contribution in [3.05, 3.63) is 22.3 Å². The minimum absolute atomic E-state index is 0.122. The molecule has 0 aliphatic rings. The third kappa shape index (κ3) is 6.56. The Balaban J connectivity index is 5.14. The van der Waals surface area contributed by atoms with Crippen molar-refractivity contribution < 1.29 is 24.0 Å². The molecule has 1 N–H and O–H groups in total. The van der Waals surface area contributed by atoms with Gasteiger partial charge in [-0.05, 0) is 35.9 Å².